The second-order valence-corrected chi connectivity index (χ2v) is 5.62. The number of urea groups is 1. The number of aliphatic carboxylic acids is 1. The van der Waals surface area contributed by atoms with Crippen LogP contribution >= 0.6 is 0 Å². The normalized spacial score (nSPS) is 25.2. The number of nitrogens with zero attached hydrogens (tertiary/aromatic N) is 3. The van der Waals surface area contributed by atoms with Gasteiger partial charge in [0.1, 0.15) is 12.6 Å². The van der Waals surface area contributed by atoms with Crippen LogP contribution in [0.3, 0.4) is 0 Å². The van der Waals surface area contributed by atoms with Gasteiger partial charge in [0.2, 0.25) is 5.91 Å². The number of hydrogen-bond donors (Lipinski definition) is 2. The smallest absolute Gasteiger partial charge is 0.326 e. The molecule has 2 rings (SSSR count). The van der Waals surface area contributed by atoms with Crippen LogP contribution in [0.4, 0.5) is 4.79 Å². The molecule has 8 nitrogen and oxygen atoms in total. The third kappa shape index (κ3) is 3.44. The molecule has 0 aromatic carbocycles. The molecule has 0 aliphatic carbocycles. The topological polar surface area (TPSA) is 101 Å². The highest BCUT2D eigenvalue weighted by atomic mass is 16.4. The average molecular weight is 299 g/mol. The van der Waals surface area contributed by atoms with Gasteiger partial charge in [-0.3, -0.25) is 4.79 Å². The van der Waals surface area contributed by atoms with E-state index in [4.69, 9.17) is 5.11 Å². The molecular weight excluding hydrogens is 278 g/mol. The summed E-state index contributed by atoms with van der Waals surface area (Å²) in [7, 11) is 1.47. The number of likely N-dealkylation sites (tertiary alicyclic amines) is 2. The molecule has 2 saturated heterocycles. The molecule has 0 aromatic rings. The van der Waals surface area contributed by atoms with Gasteiger partial charge in [-0.15, -0.1) is 0 Å². The largest absolute Gasteiger partial charge is 0.480 e. The molecule has 3 amide bonds. The maximum atomic E-state index is 12.3. The first-order valence-corrected chi connectivity index (χ1v) is 7.10. The lowest BCUT2D eigenvalue weighted by atomic mass is 10.2. The van der Waals surface area contributed by atoms with E-state index in [1.807, 2.05) is 0 Å². The number of likely N-dealkylation sites (N-methyl/N-ethyl adjacent to an activating group) is 1. The molecule has 0 unspecified atom stereocenters. The number of β-amino-alcohol motifs (C(OH)–C–C–N with tert-alkyl or cyclic N) is 1. The first kappa shape index (κ1) is 15.6. The fraction of sp³-hybridized carbons (Fsp3) is 0.769. The highest BCUT2D eigenvalue weighted by Crippen LogP contribution is 2.19. The molecule has 0 spiro atoms. The van der Waals surface area contributed by atoms with Crippen molar-refractivity contribution in [2.45, 2.75) is 31.4 Å². The van der Waals surface area contributed by atoms with E-state index in [9.17, 15) is 19.5 Å². The summed E-state index contributed by atoms with van der Waals surface area (Å²) in [6.45, 7) is 1.33. The van der Waals surface area contributed by atoms with E-state index in [-0.39, 0.29) is 25.4 Å². The summed E-state index contributed by atoms with van der Waals surface area (Å²) in [5.41, 5.74) is 0. The number of amides is 3. The highest BCUT2D eigenvalue weighted by Gasteiger charge is 2.40. The number of rotatable bonds is 3. The predicted molar refractivity (Wildman–Crippen MR) is 72.6 cm³/mol. The van der Waals surface area contributed by atoms with Gasteiger partial charge in [-0.2, -0.15) is 0 Å². The Kier molecular flexibility index (Phi) is 4.66. The van der Waals surface area contributed by atoms with Crippen molar-refractivity contribution < 1.29 is 24.6 Å². The summed E-state index contributed by atoms with van der Waals surface area (Å²) < 4.78 is 0. The van der Waals surface area contributed by atoms with Gasteiger partial charge in [0.05, 0.1) is 6.10 Å². The van der Waals surface area contributed by atoms with E-state index in [0.717, 1.165) is 17.7 Å². The number of carbonyl (C=O) groups excluding carboxylic acids is 2. The number of aliphatic hydroxyl groups is 1. The average Bonchev–Trinajstić information content (AvgIpc) is 3.06. The van der Waals surface area contributed by atoms with Crippen molar-refractivity contribution in [1.82, 2.24) is 14.7 Å². The van der Waals surface area contributed by atoms with Crippen molar-refractivity contribution in [2.24, 2.45) is 0 Å². The van der Waals surface area contributed by atoms with Crippen LogP contribution < -0.4 is 0 Å². The molecule has 118 valence electrons. The van der Waals surface area contributed by atoms with Crippen molar-refractivity contribution in [3.05, 3.63) is 0 Å². The first-order chi connectivity index (χ1) is 9.90. The number of carbonyl (C=O) groups is 3. The molecule has 2 aliphatic heterocycles. The molecule has 8 heteroatoms. The highest BCUT2D eigenvalue weighted by molar-refractivity contribution is 5.87. The summed E-state index contributed by atoms with van der Waals surface area (Å²) in [5, 5.41) is 18.6. The van der Waals surface area contributed by atoms with Gasteiger partial charge in [-0.25, -0.2) is 9.59 Å². The maximum Gasteiger partial charge on any atom is 0.326 e. The van der Waals surface area contributed by atoms with Gasteiger partial charge in [-0.05, 0) is 12.8 Å². The first-order valence-electron chi connectivity index (χ1n) is 7.10. The van der Waals surface area contributed by atoms with Gasteiger partial charge in [0, 0.05) is 33.1 Å². The van der Waals surface area contributed by atoms with Crippen LogP contribution in [0.2, 0.25) is 0 Å². The molecule has 0 radical (unpaired) electrons. The number of carboxylic acids is 1. The SMILES string of the molecule is CN(CC(=O)N1CCCC1)C(=O)N1C[C@@H](O)C[C@H]1C(=O)O. The van der Waals surface area contributed by atoms with Crippen molar-refractivity contribution in [3.63, 3.8) is 0 Å². The minimum atomic E-state index is -1.14. The van der Waals surface area contributed by atoms with Crippen LogP contribution in [0.25, 0.3) is 0 Å². The molecule has 2 heterocycles. The van der Waals surface area contributed by atoms with E-state index >= 15 is 0 Å². The third-order valence-corrected chi connectivity index (χ3v) is 3.97. The fourth-order valence-electron chi connectivity index (χ4n) is 2.82. The van der Waals surface area contributed by atoms with Crippen molar-refractivity contribution in [2.75, 3.05) is 33.2 Å². The number of aliphatic hydroxyl groups excluding tert-OH is 1. The molecule has 0 bridgehead atoms. The van der Waals surface area contributed by atoms with Gasteiger partial charge in [-0.1, -0.05) is 0 Å². The zero-order valence-corrected chi connectivity index (χ0v) is 12.1. The lowest BCUT2D eigenvalue weighted by Gasteiger charge is -2.28. The van der Waals surface area contributed by atoms with E-state index in [1.54, 1.807) is 4.90 Å². The predicted octanol–water partition coefficient (Wildman–Crippen LogP) is -0.820. The Morgan fingerprint density at radius 2 is 1.86 bits per heavy atom. The standard InChI is InChI=1S/C13H21N3O5/c1-14(8-11(18)15-4-2-3-5-15)13(21)16-7-9(17)6-10(16)12(19)20/h9-10,17H,2-8H2,1H3,(H,19,20)/t9-,10-/m0/s1. The van der Waals surface area contributed by atoms with Gasteiger partial charge < -0.3 is 24.9 Å². The zero-order chi connectivity index (χ0) is 15.6. The summed E-state index contributed by atoms with van der Waals surface area (Å²) in [4.78, 5) is 39.4. The molecule has 2 atom stereocenters. The molecular formula is C13H21N3O5. The Bertz CT molecular complexity index is 436. The van der Waals surface area contributed by atoms with E-state index in [0.29, 0.717) is 13.1 Å². The van der Waals surface area contributed by atoms with Crippen LogP contribution in [-0.4, -0.2) is 88.2 Å². The molecule has 21 heavy (non-hydrogen) atoms. The number of carboxylic acid groups (broad SMARTS) is 1. The van der Waals surface area contributed by atoms with Crippen LogP contribution in [0.1, 0.15) is 19.3 Å². The Morgan fingerprint density at radius 1 is 1.24 bits per heavy atom. The van der Waals surface area contributed by atoms with Gasteiger partial charge in [0.15, 0.2) is 0 Å². The lowest BCUT2D eigenvalue weighted by Crippen LogP contribution is -2.49. The van der Waals surface area contributed by atoms with E-state index < -0.39 is 24.1 Å². The zero-order valence-electron chi connectivity index (χ0n) is 12.1. The Balaban J connectivity index is 1.94. The molecule has 0 aromatic heterocycles. The Hall–Kier alpha value is -1.83. The van der Waals surface area contributed by atoms with E-state index in [1.165, 1.54) is 11.9 Å². The Labute approximate surface area is 122 Å². The molecule has 2 aliphatic rings. The van der Waals surface area contributed by atoms with E-state index in [2.05, 4.69) is 0 Å². The van der Waals surface area contributed by atoms with Crippen LogP contribution in [0, 0.1) is 0 Å². The van der Waals surface area contributed by atoms with Crippen molar-refractivity contribution >= 4 is 17.9 Å². The molecule has 0 saturated carbocycles. The monoisotopic (exact) mass is 299 g/mol. The molecule has 2 fully saturated rings. The second-order valence-electron chi connectivity index (χ2n) is 5.62. The molecule has 2 N–H and O–H groups in total. The lowest BCUT2D eigenvalue weighted by molar-refractivity contribution is -0.141. The minimum absolute atomic E-state index is 0.0158. The summed E-state index contributed by atoms with van der Waals surface area (Å²) in [5.74, 6) is -1.27. The quantitative estimate of drug-likeness (QED) is 0.709. The minimum Gasteiger partial charge on any atom is -0.480 e. The number of hydrogen-bond acceptors (Lipinski definition) is 4. The van der Waals surface area contributed by atoms with Crippen molar-refractivity contribution in [1.29, 1.82) is 0 Å². The maximum absolute atomic E-state index is 12.3. The third-order valence-electron chi connectivity index (χ3n) is 3.97. The second kappa shape index (κ2) is 6.30. The van der Waals surface area contributed by atoms with Crippen LogP contribution in [0.15, 0.2) is 0 Å². The summed E-state index contributed by atoms with van der Waals surface area (Å²) in [6.07, 6.45) is 1.14. The van der Waals surface area contributed by atoms with Crippen LogP contribution in [0.5, 0.6) is 0 Å². The van der Waals surface area contributed by atoms with Crippen molar-refractivity contribution in [3.8, 4) is 0 Å². The summed E-state index contributed by atoms with van der Waals surface area (Å²) >= 11 is 0. The summed E-state index contributed by atoms with van der Waals surface area (Å²) in [6, 6.07) is -1.57. The van der Waals surface area contributed by atoms with Gasteiger partial charge in [0.25, 0.3) is 0 Å². The van der Waals surface area contributed by atoms with Gasteiger partial charge >= 0.3 is 12.0 Å². The Morgan fingerprint density at radius 3 is 2.43 bits per heavy atom. The van der Waals surface area contributed by atoms with Crippen LogP contribution in [-0.2, 0) is 9.59 Å². The fourth-order valence-corrected chi connectivity index (χ4v) is 2.82.